The number of aromatic nitrogens is 4. The quantitative estimate of drug-likeness (QED) is 0.288. The van der Waals surface area contributed by atoms with Gasteiger partial charge in [0.2, 0.25) is 0 Å². The number of halogens is 1. The summed E-state index contributed by atoms with van der Waals surface area (Å²) in [5.41, 5.74) is 2.54. The molecule has 3 heterocycles. The number of amides is 1. The molecular weight excluding hydrogens is 502 g/mol. The van der Waals surface area contributed by atoms with Crippen LogP contribution in [0, 0.1) is 0 Å². The van der Waals surface area contributed by atoms with Crippen LogP contribution in [0.25, 0.3) is 16.9 Å². The van der Waals surface area contributed by atoms with Gasteiger partial charge in [-0.05, 0) is 60.7 Å². The van der Waals surface area contributed by atoms with Gasteiger partial charge in [-0.2, -0.15) is 9.61 Å². The minimum absolute atomic E-state index is 0.267. The highest BCUT2D eigenvalue weighted by Crippen LogP contribution is 2.33. The van der Waals surface area contributed by atoms with Gasteiger partial charge in [-0.15, -0.1) is 11.8 Å². The summed E-state index contributed by atoms with van der Waals surface area (Å²) in [6.07, 6.45) is 6.66. The van der Waals surface area contributed by atoms with E-state index in [0.717, 1.165) is 26.2 Å². The molecule has 3 aromatic heterocycles. The summed E-state index contributed by atoms with van der Waals surface area (Å²) in [6.45, 7) is 5.81. The van der Waals surface area contributed by atoms with Crippen molar-refractivity contribution in [1.29, 1.82) is 0 Å². The van der Waals surface area contributed by atoms with E-state index in [1.165, 1.54) is 0 Å². The molecular formula is C24H24BrN5O2S. The van der Waals surface area contributed by atoms with Crippen LogP contribution in [0.2, 0.25) is 0 Å². The van der Waals surface area contributed by atoms with Crippen LogP contribution in [-0.2, 0) is 11.3 Å². The van der Waals surface area contributed by atoms with Crippen LogP contribution in [0.1, 0.15) is 26.3 Å². The number of rotatable bonds is 5. The van der Waals surface area contributed by atoms with Crippen molar-refractivity contribution in [1.82, 2.24) is 19.6 Å². The van der Waals surface area contributed by atoms with Gasteiger partial charge in [0, 0.05) is 28.9 Å². The molecule has 170 valence electrons. The van der Waals surface area contributed by atoms with E-state index >= 15 is 0 Å². The Morgan fingerprint density at radius 1 is 1.18 bits per heavy atom. The van der Waals surface area contributed by atoms with Crippen molar-refractivity contribution in [3.05, 3.63) is 71.1 Å². The Kier molecular flexibility index (Phi) is 6.71. The first kappa shape index (κ1) is 23.3. The summed E-state index contributed by atoms with van der Waals surface area (Å²) >= 11 is 5.19. The predicted octanol–water partition coefficient (Wildman–Crippen LogP) is 6.22. The number of ether oxygens (including phenoxy) is 1. The Balaban J connectivity index is 1.91. The second kappa shape index (κ2) is 9.52. The molecule has 0 radical (unpaired) electrons. The van der Waals surface area contributed by atoms with Crippen molar-refractivity contribution < 1.29 is 9.53 Å². The van der Waals surface area contributed by atoms with Gasteiger partial charge in [0.1, 0.15) is 11.4 Å². The van der Waals surface area contributed by atoms with Crippen LogP contribution in [0.4, 0.5) is 10.6 Å². The highest BCUT2D eigenvalue weighted by Gasteiger charge is 2.27. The molecule has 0 spiro atoms. The molecule has 7 nitrogen and oxygen atoms in total. The van der Waals surface area contributed by atoms with Crippen molar-refractivity contribution in [3.63, 3.8) is 0 Å². The third-order valence-electron chi connectivity index (χ3n) is 4.75. The van der Waals surface area contributed by atoms with Crippen molar-refractivity contribution in [3.8, 4) is 11.3 Å². The van der Waals surface area contributed by atoms with E-state index in [0.29, 0.717) is 11.5 Å². The summed E-state index contributed by atoms with van der Waals surface area (Å²) in [5, 5.41) is 4.47. The normalized spacial score (nSPS) is 11.5. The largest absolute Gasteiger partial charge is 0.443 e. The fourth-order valence-electron chi connectivity index (χ4n) is 3.34. The van der Waals surface area contributed by atoms with Crippen molar-refractivity contribution in [2.45, 2.75) is 37.8 Å². The van der Waals surface area contributed by atoms with Gasteiger partial charge in [-0.25, -0.2) is 9.78 Å². The van der Waals surface area contributed by atoms with E-state index in [4.69, 9.17) is 9.72 Å². The maximum atomic E-state index is 13.4. The van der Waals surface area contributed by atoms with Gasteiger partial charge in [0.25, 0.3) is 0 Å². The molecule has 0 aliphatic rings. The number of pyridine rings is 1. The molecule has 33 heavy (non-hydrogen) atoms. The van der Waals surface area contributed by atoms with Gasteiger partial charge in [-0.1, -0.05) is 24.3 Å². The fourth-order valence-corrected chi connectivity index (χ4v) is 4.29. The Bertz CT molecular complexity index is 1290. The number of benzene rings is 1. The highest BCUT2D eigenvalue weighted by molar-refractivity contribution is 9.10. The van der Waals surface area contributed by atoms with Crippen LogP contribution >= 0.6 is 27.7 Å². The molecule has 1 aromatic carbocycles. The smallest absolute Gasteiger partial charge is 0.416 e. The van der Waals surface area contributed by atoms with E-state index in [-0.39, 0.29) is 6.54 Å². The molecule has 0 unspecified atom stereocenters. The Morgan fingerprint density at radius 3 is 2.67 bits per heavy atom. The van der Waals surface area contributed by atoms with E-state index in [1.54, 1.807) is 39.8 Å². The molecule has 0 saturated carbocycles. The molecule has 4 aromatic rings. The summed E-state index contributed by atoms with van der Waals surface area (Å²) in [7, 11) is 0. The van der Waals surface area contributed by atoms with Crippen molar-refractivity contribution >= 4 is 45.3 Å². The number of nitrogens with zero attached hydrogens (tertiary/aromatic N) is 5. The first-order valence-corrected chi connectivity index (χ1v) is 12.4. The van der Waals surface area contributed by atoms with Gasteiger partial charge < -0.3 is 4.74 Å². The first-order valence-electron chi connectivity index (χ1n) is 10.3. The number of fused-ring (bicyclic) bond motifs is 1. The zero-order valence-electron chi connectivity index (χ0n) is 18.8. The minimum atomic E-state index is -0.657. The molecule has 0 aliphatic heterocycles. The standard InChI is InChI=1S/C24H24BrN5O2S/c1-24(2,3)32-23(31)29(15-16-8-7-11-26-13-16)21-12-19(17-9-5-6-10-20(17)33-4)28-22-18(25)14-27-30(21)22/h5-14H,15H2,1-4H3. The average Bonchev–Trinajstić information content (AvgIpc) is 3.17. The molecule has 0 saturated heterocycles. The van der Waals surface area contributed by atoms with Crippen LogP contribution in [0.15, 0.2) is 70.4 Å². The maximum absolute atomic E-state index is 13.4. The van der Waals surface area contributed by atoms with Gasteiger partial charge in [0.05, 0.1) is 22.9 Å². The van der Waals surface area contributed by atoms with Crippen LogP contribution in [0.5, 0.6) is 0 Å². The Labute approximate surface area is 205 Å². The third kappa shape index (κ3) is 5.20. The first-order chi connectivity index (χ1) is 15.8. The average molecular weight is 526 g/mol. The van der Waals surface area contributed by atoms with E-state index in [9.17, 15) is 4.79 Å². The second-order valence-electron chi connectivity index (χ2n) is 8.36. The van der Waals surface area contributed by atoms with E-state index in [1.807, 2.05) is 63.4 Å². The molecule has 0 bridgehead atoms. The molecule has 1 amide bonds. The molecule has 0 fully saturated rings. The molecule has 0 aliphatic carbocycles. The van der Waals surface area contributed by atoms with E-state index in [2.05, 4.69) is 32.1 Å². The summed E-state index contributed by atoms with van der Waals surface area (Å²) in [5.74, 6) is 0.551. The zero-order valence-corrected chi connectivity index (χ0v) is 21.2. The molecule has 0 N–H and O–H groups in total. The number of carbonyl (C=O) groups excluding carboxylic acids is 1. The molecule has 9 heteroatoms. The minimum Gasteiger partial charge on any atom is -0.443 e. The zero-order chi connectivity index (χ0) is 23.6. The highest BCUT2D eigenvalue weighted by atomic mass is 79.9. The van der Waals surface area contributed by atoms with Crippen LogP contribution in [-0.4, -0.2) is 37.5 Å². The van der Waals surface area contributed by atoms with Crippen LogP contribution in [0.3, 0.4) is 0 Å². The lowest BCUT2D eigenvalue weighted by molar-refractivity contribution is 0.0575. The summed E-state index contributed by atoms with van der Waals surface area (Å²) in [6, 6.07) is 13.7. The predicted molar refractivity (Wildman–Crippen MR) is 135 cm³/mol. The number of carbonyl (C=O) groups is 1. The summed E-state index contributed by atoms with van der Waals surface area (Å²) < 4.78 is 8.14. The maximum Gasteiger partial charge on any atom is 0.416 e. The van der Waals surface area contributed by atoms with E-state index < -0.39 is 11.7 Å². The van der Waals surface area contributed by atoms with Crippen LogP contribution < -0.4 is 4.90 Å². The number of thioether (sulfide) groups is 1. The van der Waals surface area contributed by atoms with Crippen molar-refractivity contribution in [2.75, 3.05) is 11.2 Å². The Hall–Kier alpha value is -2.91. The topological polar surface area (TPSA) is 72.6 Å². The lowest BCUT2D eigenvalue weighted by Crippen LogP contribution is -2.37. The molecule has 4 rings (SSSR count). The Morgan fingerprint density at radius 2 is 1.97 bits per heavy atom. The van der Waals surface area contributed by atoms with Crippen molar-refractivity contribution in [2.24, 2.45) is 0 Å². The lowest BCUT2D eigenvalue weighted by atomic mass is 10.1. The van der Waals surface area contributed by atoms with Gasteiger partial charge in [0.15, 0.2) is 5.65 Å². The molecule has 0 atom stereocenters. The third-order valence-corrected chi connectivity index (χ3v) is 6.10. The lowest BCUT2D eigenvalue weighted by Gasteiger charge is -2.28. The fraction of sp³-hybridized carbons (Fsp3) is 0.250. The SMILES string of the molecule is CSc1ccccc1-c1cc(N(Cc2cccnc2)C(=O)OC(C)(C)C)n2ncc(Br)c2n1. The summed E-state index contributed by atoms with van der Waals surface area (Å²) in [4.78, 5) is 25.1. The second-order valence-corrected chi connectivity index (χ2v) is 10.1. The number of anilines is 1. The van der Waals surface area contributed by atoms with Gasteiger partial charge >= 0.3 is 6.09 Å². The monoisotopic (exact) mass is 525 g/mol. The number of hydrogen-bond donors (Lipinski definition) is 0. The van der Waals surface area contributed by atoms with Gasteiger partial charge in [-0.3, -0.25) is 9.88 Å². The number of hydrogen-bond acceptors (Lipinski definition) is 6.